The number of hydrogen-bond donors (Lipinski definition) is 4. The molecule has 2 aromatic carbocycles. The van der Waals surface area contributed by atoms with Crippen LogP contribution < -0.4 is 10.6 Å². The number of carbonyl (C=O) groups is 2. The van der Waals surface area contributed by atoms with E-state index < -0.39 is 6.17 Å². The molecular formula is C39H62N2O4. The average molecular weight is 623 g/mol. The lowest BCUT2D eigenvalue weighted by Crippen LogP contribution is -2.48. The van der Waals surface area contributed by atoms with E-state index in [1.165, 1.54) is 0 Å². The van der Waals surface area contributed by atoms with E-state index in [1.54, 1.807) is 0 Å². The molecule has 45 heavy (non-hydrogen) atoms. The lowest BCUT2D eigenvalue weighted by atomic mass is 9.78. The van der Waals surface area contributed by atoms with E-state index in [0.29, 0.717) is 30.8 Å². The minimum atomic E-state index is -0.435. The van der Waals surface area contributed by atoms with Crippen molar-refractivity contribution in [3.8, 4) is 11.5 Å². The maximum absolute atomic E-state index is 13.1. The van der Waals surface area contributed by atoms with Gasteiger partial charge in [-0.15, -0.1) is 0 Å². The Balaban J connectivity index is 2.15. The molecule has 0 fully saturated rings. The summed E-state index contributed by atoms with van der Waals surface area (Å²) in [5, 5.41) is 28.2. The second-order valence-electron chi connectivity index (χ2n) is 16.9. The highest BCUT2D eigenvalue weighted by Crippen LogP contribution is 2.41. The number of aryl methyl sites for hydroxylation is 2. The van der Waals surface area contributed by atoms with Crippen LogP contribution in [0, 0.1) is 0 Å². The zero-order chi connectivity index (χ0) is 34.5. The Morgan fingerprint density at radius 1 is 0.600 bits per heavy atom. The lowest BCUT2D eigenvalue weighted by molar-refractivity contribution is -0.124. The van der Waals surface area contributed by atoms with Crippen LogP contribution in [-0.4, -0.2) is 28.2 Å². The Bertz CT molecular complexity index is 1160. The van der Waals surface area contributed by atoms with Crippen LogP contribution >= 0.6 is 0 Å². The van der Waals surface area contributed by atoms with E-state index >= 15 is 0 Å². The molecule has 2 amide bonds. The Hall–Kier alpha value is -3.02. The van der Waals surface area contributed by atoms with Gasteiger partial charge in [0, 0.05) is 12.8 Å². The monoisotopic (exact) mass is 622 g/mol. The molecule has 0 saturated heterocycles. The molecule has 0 saturated carbocycles. The Kier molecular flexibility index (Phi) is 12.4. The van der Waals surface area contributed by atoms with Gasteiger partial charge in [0.25, 0.3) is 0 Å². The molecule has 0 atom stereocenters. The molecule has 0 aromatic heterocycles. The molecule has 2 aromatic rings. The van der Waals surface area contributed by atoms with Crippen molar-refractivity contribution in [1.29, 1.82) is 0 Å². The maximum Gasteiger partial charge on any atom is 0.221 e. The second kappa shape index (κ2) is 14.6. The van der Waals surface area contributed by atoms with Gasteiger partial charge in [-0.05, 0) is 80.7 Å². The van der Waals surface area contributed by atoms with Crippen LogP contribution in [0.3, 0.4) is 0 Å². The third-order valence-electron chi connectivity index (χ3n) is 8.37. The summed E-state index contributed by atoms with van der Waals surface area (Å²) in [5.74, 6) is 0.453. The van der Waals surface area contributed by atoms with E-state index in [2.05, 4.69) is 101 Å². The van der Waals surface area contributed by atoms with Crippen molar-refractivity contribution in [2.45, 2.75) is 163 Å². The standard InChI is InChI=1S/C39H62N2O4/c1-14-15-16-31(40-32(42)19-17-25-21-27(36(2,3)4)34(44)28(22-25)37(5,6)7)41-33(43)20-18-26-23-29(38(8,9)10)35(45)30(24-26)39(11,12)13/h21-24,31,44-45H,14-20H2,1-13H3,(H,40,42)(H,41,43). The van der Waals surface area contributed by atoms with E-state index in [1.807, 2.05) is 24.3 Å². The molecule has 6 heteroatoms. The Labute approximate surface area is 273 Å². The highest BCUT2D eigenvalue weighted by Gasteiger charge is 2.28. The van der Waals surface area contributed by atoms with E-state index in [9.17, 15) is 19.8 Å². The predicted molar refractivity (Wildman–Crippen MR) is 187 cm³/mol. The first-order valence-electron chi connectivity index (χ1n) is 16.8. The highest BCUT2D eigenvalue weighted by atomic mass is 16.3. The van der Waals surface area contributed by atoms with Crippen LogP contribution in [0.15, 0.2) is 24.3 Å². The van der Waals surface area contributed by atoms with Gasteiger partial charge in [-0.1, -0.05) is 121 Å². The summed E-state index contributed by atoms with van der Waals surface area (Å²) in [7, 11) is 0. The number of amides is 2. The number of unbranched alkanes of at least 4 members (excludes halogenated alkanes) is 1. The van der Waals surface area contributed by atoms with Gasteiger partial charge in [0.1, 0.15) is 17.7 Å². The molecular weight excluding hydrogens is 560 g/mol. The average Bonchev–Trinajstić information content (AvgIpc) is 2.87. The summed E-state index contributed by atoms with van der Waals surface area (Å²) in [6.45, 7) is 27.1. The molecule has 4 N–H and O–H groups in total. The summed E-state index contributed by atoms with van der Waals surface area (Å²) >= 11 is 0. The Morgan fingerprint density at radius 3 is 1.13 bits per heavy atom. The summed E-state index contributed by atoms with van der Waals surface area (Å²) in [6, 6.07) is 8.09. The molecule has 0 unspecified atom stereocenters. The van der Waals surface area contributed by atoms with E-state index in [-0.39, 0.29) is 46.3 Å². The summed E-state index contributed by atoms with van der Waals surface area (Å²) in [6.07, 6.45) is 3.73. The molecule has 2 rings (SSSR count). The van der Waals surface area contributed by atoms with Crippen molar-refractivity contribution >= 4 is 11.8 Å². The van der Waals surface area contributed by atoms with Crippen molar-refractivity contribution in [1.82, 2.24) is 10.6 Å². The molecule has 0 spiro atoms. The molecule has 0 aliphatic heterocycles. The first-order valence-corrected chi connectivity index (χ1v) is 16.8. The summed E-state index contributed by atoms with van der Waals surface area (Å²) in [5.41, 5.74) is 4.64. The number of rotatable bonds is 11. The fourth-order valence-corrected chi connectivity index (χ4v) is 5.60. The topological polar surface area (TPSA) is 98.7 Å². The molecule has 6 nitrogen and oxygen atoms in total. The van der Waals surface area contributed by atoms with Crippen molar-refractivity contribution < 1.29 is 19.8 Å². The van der Waals surface area contributed by atoms with Gasteiger partial charge in [0.15, 0.2) is 0 Å². The SMILES string of the molecule is CCCCC(NC(=O)CCc1cc(C(C)(C)C)c(O)c(C(C)(C)C)c1)NC(=O)CCc1cc(C(C)(C)C)c(O)c(C(C)(C)C)c1. The normalized spacial score (nSPS) is 12.8. The smallest absolute Gasteiger partial charge is 0.221 e. The van der Waals surface area contributed by atoms with Crippen molar-refractivity contribution in [3.05, 3.63) is 57.6 Å². The lowest BCUT2D eigenvalue weighted by Gasteiger charge is -2.28. The summed E-state index contributed by atoms with van der Waals surface area (Å²) < 4.78 is 0. The van der Waals surface area contributed by atoms with Gasteiger partial charge in [0.05, 0.1) is 0 Å². The van der Waals surface area contributed by atoms with Crippen LogP contribution in [0.2, 0.25) is 0 Å². The fraction of sp³-hybridized carbons (Fsp3) is 0.641. The quantitative estimate of drug-likeness (QED) is 0.189. The van der Waals surface area contributed by atoms with Crippen molar-refractivity contribution in [2.24, 2.45) is 0 Å². The van der Waals surface area contributed by atoms with Gasteiger partial charge >= 0.3 is 0 Å². The van der Waals surface area contributed by atoms with E-state index in [4.69, 9.17) is 0 Å². The highest BCUT2D eigenvalue weighted by molar-refractivity contribution is 5.79. The molecule has 0 aliphatic rings. The first kappa shape index (κ1) is 38.2. The minimum Gasteiger partial charge on any atom is -0.507 e. The molecule has 0 heterocycles. The second-order valence-corrected chi connectivity index (χ2v) is 16.9. The fourth-order valence-electron chi connectivity index (χ4n) is 5.60. The first-order chi connectivity index (χ1) is 20.4. The molecule has 0 radical (unpaired) electrons. The van der Waals surface area contributed by atoms with Gasteiger partial charge in [-0.25, -0.2) is 0 Å². The predicted octanol–water partition coefficient (Wildman–Crippen LogP) is 8.60. The number of carbonyl (C=O) groups excluding carboxylic acids is 2. The van der Waals surface area contributed by atoms with Gasteiger partial charge in [-0.3, -0.25) is 9.59 Å². The zero-order valence-electron chi connectivity index (χ0n) is 30.5. The van der Waals surface area contributed by atoms with Gasteiger partial charge < -0.3 is 20.8 Å². The number of phenolic OH excluding ortho intramolecular Hbond substituents is 2. The number of nitrogens with one attached hydrogen (secondary N) is 2. The summed E-state index contributed by atoms with van der Waals surface area (Å²) in [4.78, 5) is 26.3. The maximum atomic E-state index is 13.1. The largest absolute Gasteiger partial charge is 0.507 e. The van der Waals surface area contributed by atoms with Crippen LogP contribution in [0.5, 0.6) is 11.5 Å². The van der Waals surface area contributed by atoms with Crippen LogP contribution in [0.4, 0.5) is 0 Å². The van der Waals surface area contributed by atoms with Gasteiger partial charge in [0.2, 0.25) is 11.8 Å². The number of benzene rings is 2. The van der Waals surface area contributed by atoms with Gasteiger partial charge in [-0.2, -0.15) is 0 Å². The number of hydrogen-bond acceptors (Lipinski definition) is 4. The molecule has 0 bridgehead atoms. The van der Waals surface area contributed by atoms with Crippen molar-refractivity contribution in [2.75, 3.05) is 0 Å². The third kappa shape index (κ3) is 11.1. The van der Waals surface area contributed by atoms with Crippen LogP contribution in [0.1, 0.15) is 155 Å². The molecule has 0 aliphatic carbocycles. The zero-order valence-corrected chi connectivity index (χ0v) is 30.5. The number of aromatic hydroxyl groups is 2. The van der Waals surface area contributed by atoms with Crippen LogP contribution in [0.25, 0.3) is 0 Å². The third-order valence-corrected chi connectivity index (χ3v) is 8.37. The van der Waals surface area contributed by atoms with Crippen LogP contribution in [-0.2, 0) is 44.1 Å². The molecule has 252 valence electrons. The van der Waals surface area contributed by atoms with E-state index in [0.717, 1.165) is 46.2 Å². The number of phenols is 2. The minimum absolute atomic E-state index is 0.109. The van der Waals surface area contributed by atoms with Crippen molar-refractivity contribution in [3.63, 3.8) is 0 Å². The Morgan fingerprint density at radius 2 is 0.889 bits per heavy atom.